The van der Waals surface area contributed by atoms with Crippen molar-refractivity contribution in [3.05, 3.63) is 59.9 Å². The van der Waals surface area contributed by atoms with Crippen molar-refractivity contribution in [3.63, 3.8) is 0 Å². The lowest BCUT2D eigenvalue weighted by molar-refractivity contribution is -0.136. The number of nitrogens with zero attached hydrogens (tertiary/aromatic N) is 1. The van der Waals surface area contributed by atoms with E-state index >= 15 is 0 Å². The molecule has 7 heteroatoms. The zero-order chi connectivity index (χ0) is 19.9. The first kappa shape index (κ1) is 19.3. The number of fused-ring (bicyclic) bond motifs is 1. The van der Waals surface area contributed by atoms with Crippen LogP contribution in [-0.2, 0) is 14.3 Å². The van der Waals surface area contributed by atoms with E-state index in [4.69, 9.17) is 19.3 Å². The molecule has 1 N–H and O–H groups in total. The molecule has 0 bridgehead atoms. The van der Waals surface area contributed by atoms with Gasteiger partial charge >= 0.3 is 5.97 Å². The number of para-hydroxylation sites is 2. The highest BCUT2D eigenvalue weighted by Crippen LogP contribution is 2.31. The minimum Gasteiger partial charge on any atom is -0.492 e. The van der Waals surface area contributed by atoms with Gasteiger partial charge in [-0.3, -0.25) is 4.79 Å². The molecule has 1 aliphatic rings. The Labute approximate surface area is 162 Å². The standard InChI is InChI=1S/C21H21NO6/c1-2-26-19(21(24)25)13-15-7-9-16(10-8-15)27-12-11-22-17-5-3-4-6-18(17)28-14-20(22)23/h3-10,13H,2,11-12,14H2,1H3,(H,24,25). The molecule has 0 saturated heterocycles. The summed E-state index contributed by atoms with van der Waals surface area (Å²) in [6.45, 7) is 2.74. The third-order valence-corrected chi connectivity index (χ3v) is 4.08. The SMILES string of the molecule is CCOC(=Cc1ccc(OCCN2C(=O)COc3ccccc32)cc1)C(=O)O. The fourth-order valence-corrected chi connectivity index (χ4v) is 2.79. The molecule has 0 spiro atoms. The van der Waals surface area contributed by atoms with Crippen LogP contribution in [0.2, 0.25) is 0 Å². The number of carbonyl (C=O) groups excluding carboxylic acids is 1. The van der Waals surface area contributed by atoms with E-state index in [9.17, 15) is 9.59 Å². The van der Waals surface area contributed by atoms with Gasteiger partial charge in [-0.05, 0) is 42.8 Å². The maximum atomic E-state index is 12.1. The van der Waals surface area contributed by atoms with Crippen LogP contribution in [0.4, 0.5) is 5.69 Å². The lowest BCUT2D eigenvalue weighted by Gasteiger charge is -2.29. The Morgan fingerprint density at radius 3 is 2.68 bits per heavy atom. The van der Waals surface area contributed by atoms with E-state index in [0.29, 0.717) is 30.2 Å². The van der Waals surface area contributed by atoms with E-state index in [1.165, 1.54) is 6.08 Å². The molecule has 1 aliphatic heterocycles. The number of amides is 1. The summed E-state index contributed by atoms with van der Waals surface area (Å²) >= 11 is 0. The Balaban J connectivity index is 1.59. The topological polar surface area (TPSA) is 85.3 Å². The van der Waals surface area contributed by atoms with Crippen molar-refractivity contribution in [1.82, 2.24) is 0 Å². The van der Waals surface area contributed by atoms with Crippen molar-refractivity contribution >= 4 is 23.6 Å². The summed E-state index contributed by atoms with van der Waals surface area (Å²) in [7, 11) is 0. The van der Waals surface area contributed by atoms with Crippen molar-refractivity contribution < 1.29 is 28.9 Å². The first-order valence-electron chi connectivity index (χ1n) is 8.91. The van der Waals surface area contributed by atoms with Crippen LogP contribution in [-0.4, -0.2) is 43.3 Å². The van der Waals surface area contributed by atoms with Crippen LogP contribution < -0.4 is 14.4 Å². The van der Waals surface area contributed by atoms with Crippen LogP contribution >= 0.6 is 0 Å². The molecule has 0 unspecified atom stereocenters. The molecule has 28 heavy (non-hydrogen) atoms. The fourth-order valence-electron chi connectivity index (χ4n) is 2.79. The minimum absolute atomic E-state index is 0.0176. The summed E-state index contributed by atoms with van der Waals surface area (Å²) < 4.78 is 16.2. The van der Waals surface area contributed by atoms with Crippen LogP contribution in [0.5, 0.6) is 11.5 Å². The average molecular weight is 383 g/mol. The van der Waals surface area contributed by atoms with Crippen LogP contribution in [0.25, 0.3) is 6.08 Å². The number of anilines is 1. The van der Waals surface area contributed by atoms with Crippen molar-refractivity contribution in [3.8, 4) is 11.5 Å². The van der Waals surface area contributed by atoms with E-state index in [1.807, 2.05) is 24.3 Å². The summed E-state index contributed by atoms with van der Waals surface area (Å²) in [5.41, 5.74) is 1.43. The molecule has 7 nitrogen and oxygen atoms in total. The molecule has 0 atom stereocenters. The monoisotopic (exact) mass is 383 g/mol. The molecule has 2 aromatic rings. The third-order valence-electron chi connectivity index (χ3n) is 4.08. The summed E-state index contributed by atoms with van der Waals surface area (Å²) in [5, 5.41) is 9.09. The van der Waals surface area contributed by atoms with Gasteiger partial charge < -0.3 is 24.2 Å². The van der Waals surface area contributed by atoms with Crippen LogP contribution in [0.3, 0.4) is 0 Å². The number of carboxylic acids is 1. The molecule has 1 heterocycles. The van der Waals surface area contributed by atoms with E-state index in [-0.39, 0.29) is 24.9 Å². The third kappa shape index (κ3) is 4.62. The van der Waals surface area contributed by atoms with Gasteiger partial charge in [0.15, 0.2) is 6.61 Å². The van der Waals surface area contributed by atoms with E-state index < -0.39 is 5.97 Å². The molecule has 2 aromatic carbocycles. The lowest BCUT2D eigenvalue weighted by Crippen LogP contribution is -2.41. The number of hydrogen-bond acceptors (Lipinski definition) is 5. The van der Waals surface area contributed by atoms with Gasteiger partial charge in [-0.1, -0.05) is 24.3 Å². The number of carboxylic acid groups (broad SMARTS) is 1. The molecule has 0 aromatic heterocycles. The lowest BCUT2D eigenvalue weighted by atomic mass is 10.2. The maximum absolute atomic E-state index is 12.1. The van der Waals surface area contributed by atoms with Crippen molar-refractivity contribution in [2.24, 2.45) is 0 Å². The van der Waals surface area contributed by atoms with Crippen LogP contribution in [0, 0.1) is 0 Å². The minimum atomic E-state index is -1.11. The van der Waals surface area contributed by atoms with Crippen molar-refractivity contribution in [1.29, 1.82) is 0 Å². The van der Waals surface area contributed by atoms with Gasteiger partial charge in [0.1, 0.15) is 18.1 Å². The number of aliphatic carboxylic acids is 1. The number of hydrogen-bond donors (Lipinski definition) is 1. The molecule has 1 amide bonds. The second-order valence-electron chi connectivity index (χ2n) is 5.97. The zero-order valence-electron chi connectivity index (χ0n) is 15.5. The van der Waals surface area contributed by atoms with Crippen LogP contribution in [0.15, 0.2) is 54.3 Å². The van der Waals surface area contributed by atoms with Gasteiger partial charge in [0.05, 0.1) is 18.8 Å². The Morgan fingerprint density at radius 1 is 1.21 bits per heavy atom. The van der Waals surface area contributed by atoms with Gasteiger partial charge in [0, 0.05) is 0 Å². The smallest absolute Gasteiger partial charge is 0.371 e. The van der Waals surface area contributed by atoms with Gasteiger partial charge in [0.25, 0.3) is 5.91 Å². The molecule has 0 saturated carbocycles. The second kappa shape index (κ2) is 8.94. The molecule has 3 rings (SSSR count). The highest BCUT2D eigenvalue weighted by atomic mass is 16.5. The molecule has 0 aliphatic carbocycles. The maximum Gasteiger partial charge on any atom is 0.371 e. The normalized spacial score (nSPS) is 13.5. The van der Waals surface area contributed by atoms with Gasteiger partial charge in [-0.2, -0.15) is 0 Å². The Hall–Kier alpha value is -3.48. The Morgan fingerprint density at radius 2 is 1.96 bits per heavy atom. The average Bonchev–Trinajstić information content (AvgIpc) is 2.70. The summed E-state index contributed by atoms with van der Waals surface area (Å²) in [6.07, 6.45) is 1.46. The summed E-state index contributed by atoms with van der Waals surface area (Å²) in [5.74, 6) is -0.0283. The van der Waals surface area contributed by atoms with Crippen molar-refractivity contribution in [2.75, 3.05) is 31.3 Å². The van der Waals surface area contributed by atoms with E-state index in [1.54, 1.807) is 36.1 Å². The number of benzene rings is 2. The fraction of sp³-hybridized carbons (Fsp3) is 0.238. The number of rotatable bonds is 8. The Kier molecular flexibility index (Phi) is 6.16. The predicted octanol–water partition coefficient (Wildman–Crippen LogP) is 2.95. The first-order chi connectivity index (χ1) is 13.6. The quantitative estimate of drug-likeness (QED) is 0.557. The Bertz CT molecular complexity index is 875. The molecule has 0 radical (unpaired) electrons. The highest BCUT2D eigenvalue weighted by Gasteiger charge is 2.24. The predicted molar refractivity (Wildman–Crippen MR) is 103 cm³/mol. The number of carbonyl (C=O) groups is 2. The molecular formula is C21H21NO6. The molecular weight excluding hydrogens is 362 g/mol. The van der Waals surface area contributed by atoms with Gasteiger partial charge in [-0.25, -0.2) is 4.79 Å². The summed E-state index contributed by atoms with van der Waals surface area (Å²) in [6, 6.07) is 14.4. The first-order valence-corrected chi connectivity index (χ1v) is 8.91. The second-order valence-corrected chi connectivity index (χ2v) is 5.97. The highest BCUT2D eigenvalue weighted by molar-refractivity contribution is 5.97. The largest absolute Gasteiger partial charge is 0.492 e. The zero-order valence-corrected chi connectivity index (χ0v) is 15.5. The van der Waals surface area contributed by atoms with E-state index in [0.717, 1.165) is 5.69 Å². The van der Waals surface area contributed by atoms with E-state index in [2.05, 4.69) is 0 Å². The van der Waals surface area contributed by atoms with Gasteiger partial charge in [0.2, 0.25) is 5.76 Å². The molecule has 146 valence electrons. The molecule has 0 fully saturated rings. The van der Waals surface area contributed by atoms with Gasteiger partial charge in [-0.15, -0.1) is 0 Å². The number of ether oxygens (including phenoxy) is 3. The summed E-state index contributed by atoms with van der Waals surface area (Å²) in [4.78, 5) is 24.9. The van der Waals surface area contributed by atoms with Crippen molar-refractivity contribution in [2.45, 2.75) is 6.92 Å². The van der Waals surface area contributed by atoms with Crippen LogP contribution in [0.1, 0.15) is 12.5 Å².